The molecule has 0 aromatic heterocycles. The van der Waals surface area contributed by atoms with Crippen molar-refractivity contribution in [3.63, 3.8) is 0 Å². The fraction of sp³-hybridized carbons (Fsp3) is 1.00. The van der Waals surface area contributed by atoms with Gasteiger partial charge in [0.15, 0.2) is 0 Å². The first-order valence-corrected chi connectivity index (χ1v) is 8.78. The minimum Gasteiger partial charge on any atom is -0.311 e. The molecule has 1 saturated heterocycles. The summed E-state index contributed by atoms with van der Waals surface area (Å²) in [5.41, 5.74) is 0.999. The third-order valence-corrected chi connectivity index (χ3v) is 5.29. The molecule has 1 unspecified atom stereocenters. The highest BCUT2D eigenvalue weighted by Crippen LogP contribution is 2.45. The largest absolute Gasteiger partial charge is 0.311 e. The third kappa shape index (κ3) is 4.73. The number of nitrogens with one attached hydrogen (secondary N) is 1. The molecule has 0 spiro atoms. The normalized spacial score (nSPS) is 31.9. The van der Waals surface area contributed by atoms with Gasteiger partial charge in [0.2, 0.25) is 0 Å². The SMILES string of the molecule is CCN1CCCC(NC2CC(C)(C)CC(C)(C)C2)CC1. The Labute approximate surface area is 126 Å². The standard InChI is InChI=1S/C18H36N2/c1-6-20-10-7-8-15(9-11-20)19-16-12-17(2,3)14-18(4,5)13-16/h15-16,19H,6-14H2,1-5H3. The first-order valence-electron chi connectivity index (χ1n) is 8.78. The van der Waals surface area contributed by atoms with Crippen molar-refractivity contribution in [3.05, 3.63) is 0 Å². The molecule has 2 rings (SSSR count). The first kappa shape index (κ1) is 16.3. The highest BCUT2D eigenvalue weighted by Gasteiger charge is 2.38. The molecule has 2 aliphatic rings. The van der Waals surface area contributed by atoms with Crippen molar-refractivity contribution in [2.75, 3.05) is 19.6 Å². The van der Waals surface area contributed by atoms with E-state index < -0.39 is 0 Å². The molecular weight excluding hydrogens is 244 g/mol. The molecule has 0 radical (unpaired) electrons. The molecule has 1 aliphatic carbocycles. The van der Waals surface area contributed by atoms with Crippen LogP contribution in [-0.4, -0.2) is 36.6 Å². The Morgan fingerprint density at radius 3 is 2.20 bits per heavy atom. The predicted molar refractivity (Wildman–Crippen MR) is 88.1 cm³/mol. The fourth-order valence-electron chi connectivity index (χ4n) is 4.94. The summed E-state index contributed by atoms with van der Waals surface area (Å²) in [6, 6.07) is 1.48. The lowest BCUT2D eigenvalue weighted by Gasteiger charge is -2.46. The number of rotatable bonds is 3. The number of hydrogen-bond acceptors (Lipinski definition) is 2. The Morgan fingerprint density at radius 1 is 0.950 bits per heavy atom. The average Bonchev–Trinajstić information content (AvgIpc) is 2.50. The van der Waals surface area contributed by atoms with Crippen molar-refractivity contribution in [2.45, 2.75) is 85.2 Å². The lowest BCUT2D eigenvalue weighted by Crippen LogP contribution is -2.47. The first-order chi connectivity index (χ1) is 9.30. The smallest absolute Gasteiger partial charge is 0.00823 e. The molecule has 20 heavy (non-hydrogen) atoms. The van der Waals surface area contributed by atoms with Gasteiger partial charge in [0.1, 0.15) is 0 Å². The van der Waals surface area contributed by atoms with E-state index in [-0.39, 0.29) is 0 Å². The van der Waals surface area contributed by atoms with Crippen LogP contribution in [0.5, 0.6) is 0 Å². The van der Waals surface area contributed by atoms with E-state index in [0.717, 1.165) is 12.1 Å². The second-order valence-electron chi connectivity index (χ2n) is 8.84. The maximum absolute atomic E-state index is 4.03. The minimum atomic E-state index is 0.500. The van der Waals surface area contributed by atoms with Gasteiger partial charge in [-0.3, -0.25) is 0 Å². The van der Waals surface area contributed by atoms with Crippen LogP contribution in [0.25, 0.3) is 0 Å². The number of nitrogens with zero attached hydrogens (tertiary/aromatic N) is 1. The summed E-state index contributed by atoms with van der Waals surface area (Å²) in [7, 11) is 0. The minimum absolute atomic E-state index is 0.500. The van der Waals surface area contributed by atoms with Crippen LogP contribution >= 0.6 is 0 Å². The maximum atomic E-state index is 4.03. The van der Waals surface area contributed by atoms with E-state index >= 15 is 0 Å². The predicted octanol–water partition coefficient (Wildman–Crippen LogP) is 4.06. The van der Waals surface area contributed by atoms with Crippen LogP contribution in [0.2, 0.25) is 0 Å². The van der Waals surface area contributed by atoms with Crippen molar-refractivity contribution in [1.82, 2.24) is 10.2 Å². The van der Waals surface area contributed by atoms with E-state index in [4.69, 9.17) is 0 Å². The van der Waals surface area contributed by atoms with Crippen LogP contribution in [-0.2, 0) is 0 Å². The molecule has 1 atom stereocenters. The van der Waals surface area contributed by atoms with E-state index in [1.54, 1.807) is 0 Å². The average molecular weight is 280 g/mol. The van der Waals surface area contributed by atoms with Crippen molar-refractivity contribution in [1.29, 1.82) is 0 Å². The van der Waals surface area contributed by atoms with Gasteiger partial charge in [-0.1, -0.05) is 34.6 Å². The molecule has 0 aromatic rings. The van der Waals surface area contributed by atoms with E-state index in [2.05, 4.69) is 44.8 Å². The summed E-state index contributed by atoms with van der Waals surface area (Å²) in [6.45, 7) is 15.9. The van der Waals surface area contributed by atoms with E-state index in [9.17, 15) is 0 Å². The zero-order chi connectivity index (χ0) is 14.8. The van der Waals surface area contributed by atoms with Crippen LogP contribution < -0.4 is 5.32 Å². The molecule has 1 saturated carbocycles. The van der Waals surface area contributed by atoms with Gasteiger partial charge in [0.25, 0.3) is 0 Å². The molecule has 0 bridgehead atoms. The summed E-state index contributed by atoms with van der Waals surface area (Å²) in [5.74, 6) is 0. The molecule has 1 N–H and O–H groups in total. The summed E-state index contributed by atoms with van der Waals surface area (Å²) < 4.78 is 0. The molecule has 1 aliphatic heterocycles. The van der Waals surface area contributed by atoms with E-state index in [1.165, 1.54) is 58.2 Å². The second kappa shape index (κ2) is 6.36. The monoisotopic (exact) mass is 280 g/mol. The molecule has 0 amide bonds. The lowest BCUT2D eigenvalue weighted by molar-refractivity contribution is 0.0792. The molecule has 0 aromatic carbocycles. The van der Waals surface area contributed by atoms with Crippen LogP contribution in [0.4, 0.5) is 0 Å². The molecule has 2 heteroatoms. The van der Waals surface area contributed by atoms with Crippen LogP contribution in [0, 0.1) is 10.8 Å². The van der Waals surface area contributed by atoms with Crippen molar-refractivity contribution < 1.29 is 0 Å². The van der Waals surface area contributed by atoms with Crippen molar-refractivity contribution in [2.24, 2.45) is 10.8 Å². The summed E-state index contributed by atoms with van der Waals surface area (Å²) >= 11 is 0. The molecular formula is C18H36N2. The Balaban J connectivity index is 1.89. The van der Waals surface area contributed by atoms with Crippen molar-refractivity contribution >= 4 is 0 Å². The molecule has 2 fully saturated rings. The highest BCUT2D eigenvalue weighted by molar-refractivity contribution is 4.93. The Bertz CT molecular complexity index is 293. The Kier molecular flexibility index (Phi) is 5.18. The summed E-state index contributed by atoms with van der Waals surface area (Å²) in [5, 5.41) is 4.03. The lowest BCUT2D eigenvalue weighted by atomic mass is 9.63. The quantitative estimate of drug-likeness (QED) is 0.839. The van der Waals surface area contributed by atoms with Gasteiger partial charge in [-0.2, -0.15) is 0 Å². The van der Waals surface area contributed by atoms with Crippen LogP contribution in [0.15, 0.2) is 0 Å². The van der Waals surface area contributed by atoms with Crippen LogP contribution in [0.1, 0.15) is 73.1 Å². The maximum Gasteiger partial charge on any atom is 0.00823 e. The van der Waals surface area contributed by atoms with Gasteiger partial charge in [-0.25, -0.2) is 0 Å². The summed E-state index contributed by atoms with van der Waals surface area (Å²) in [6.07, 6.45) is 8.14. The molecule has 2 nitrogen and oxygen atoms in total. The highest BCUT2D eigenvalue weighted by atomic mass is 15.1. The van der Waals surface area contributed by atoms with Gasteiger partial charge in [0, 0.05) is 12.1 Å². The zero-order valence-corrected chi connectivity index (χ0v) is 14.5. The Morgan fingerprint density at radius 2 is 1.60 bits per heavy atom. The number of likely N-dealkylation sites (tertiary alicyclic amines) is 1. The Hall–Kier alpha value is -0.0800. The van der Waals surface area contributed by atoms with Gasteiger partial charge < -0.3 is 10.2 Å². The van der Waals surface area contributed by atoms with Crippen LogP contribution in [0.3, 0.4) is 0 Å². The van der Waals surface area contributed by atoms with E-state index in [0.29, 0.717) is 10.8 Å². The van der Waals surface area contributed by atoms with Gasteiger partial charge >= 0.3 is 0 Å². The molecule has 118 valence electrons. The van der Waals surface area contributed by atoms with Crippen molar-refractivity contribution in [3.8, 4) is 0 Å². The fourth-order valence-corrected chi connectivity index (χ4v) is 4.94. The second-order valence-corrected chi connectivity index (χ2v) is 8.84. The summed E-state index contributed by atoms with van der Waals surface area (Å²) in [4.78, 5) is 2.61. The number of hydrogen-bond donors (Lipinski definition) is 1. The zero-order valence-electron chi connectivity index (χ0n) is 14.5. The van der Waals surface area contributed by atoms with Gasteiger partial charge in [-0.05, 0) is 69.0 Å². The van der Waals surface area contributed by atoms with E-state index in [1.807, 2.05) is 0 Å². The van der Waals surface area contributed by atoms with Gasteiger partial charge in [0.05, 0.1) is 0 Å². The third-order valence-electron chi connectivity index (χ3n) is 5.29. The molecule has 1 heterocycles. The van der Waals surface area contributed by atoms with Gasteiger partial charge in [-0.15, -0.1) is 0 Å². The topological polar surface area (TPSA) is 15.3 Å².